The minimum Gasteiger partial charge on any atom is -0.492 e. The van der Waals surface area contributed by atoms with Crippen LogP contribution in [0.5, 0.6) is 5.75 Å². The lowest BCUT2D eigenvalue weighted by atomic mass is 9.96. The molecule has 1 aromatic carbocycles. The normalized spacial score (nSPS) is 19.5. The Morgan fingerprint density at radius 2 is 1.77 bits per heavy atom. The third kappa shape index (κ3) is 7.05. The van der Waals surface area contributed by atoms with Crippen molar-refractivity contribution in [1.29, 1.82) is 0 Å². The van der Waals surface area contributed by atoms with E-state index < -0.39 is 10.2 Å². The summed E-state index contributed by atoms with van der Waals surface area (Å²) in [5.74, 6) is 0.615. The molecule has 1 aromatic rings. The second-order valence-corrected chi connectivity index (χ2v) is 10.6. The number of nitrogens with one attached hydrogen (secondary N) is 1. The van der Waals surface area contributed by atoms with Gasteiger partial charge in [-0.15, -0.1) is 0 Å². The molecular formula is C21H33ClN4O4S. The van der Waals surface area contributed by atoms with Crippen LogP contribution < -0.4 is 10.1 Å². The lowest BCUT2D eigenvalue weighted by molar-refractivity contribution is -0.122. The molecule has 1 aliphatic heterocycles. The molecule has 8 nitrogen and oxygen atoms in total. The molecule has 1 heterocycles. The van der Waals surface area contributed by atoms with E-state index in [4.69, 9.17) is 16.3 Å². The van der Waals surface area contributed by atoms with E-state index in [2.05, 4.69) is 5.32 Å². The maximum absolute atomic E-state index is 13.0. The molecule has 1 amide bonds. The van der Waals surface area contributed by atoms with E-state index in [0.29, 0.717) is 50.1 Å². The number of carbonyl (C=O) groups is 1. The van der Waals surface area contributed by atoms with E-state index in [-0.39, 0.29) is 18.5 Å². The minimum absolute atomic E-state index is 0.0877. The molecule has 0 atom stereocenters. The standard InChI is InChI=1S/C21H33ClN4O4S/c1-24(19-5-3-2-4-6-19)31(28,29)26-14-12-25(13-15-26)17-21(27)23-11-16-30-20-9-7-18(22)8-10-20/h7-10,19H,2-6,11-17H2,1H3,(H,23,27). The van der Waals surface area contributed by atoms with Crippen molar-refractivity contribution in [3.63, 3.8) is 0 Å². The van der Waals surface area contributed by atoms with Gasteiger partial charge in [-0.3, -0.25) is 9.69 Å². The van der Waals surface area contributed by atoms with Crippen molar-refractivity contribution in [2.75, 3.05) is 52.9 Å². The van der Waals surface area contributed by atoms with Crippen LogP contribution in [-0.4, -0.2) is 86.8 Å². The first-order chi connectivity index (χ1) is 14.9. The number of benzene rings is 1. The van der Waals surface area contributed by atoms with Gasteiger partial charge in [-0.1, -0.05) is 30.9 Å². The number of carbonyl (C=O) groups excluding carboxylic acids is 1. The van der Waals surface area contributed by atoms with E-state index in [1.54, 1.807) is 39.9 Å². The average Bonchev–Trinajstić information content (AvgIpc) is 2.78. The summed E-state index contributed by atoms with van der Waals surface area (Å²) in [5.41, 5.74) is 0. The Balaban J connectivity index is 1.35. The van der Waals surface area contributed by atoms with Crippen molar-refractivity contribution in [1.82, 2.24) is 18.8 Å². The molecule has 0 radical (unpaired) electrons. The predicted octanol–water partition coefficient (Wildman–Crippen LogP) is 1.96. The SMILES string of the molecule is CN(C1CCCCC1)S(=O)(=O)N1CCN(CC(=O)NCCOc2ccc(Cl)cc2)CC1. The Labute approximate surface area is 190 Å². The molecule has 0 aromatic heterocycles. The fourth-order valence-corrected chi connectivity index (χ4v) is 5.79. The van der Waals surface area contributed by atoms with E-state index in [0.717, 1.165) is 25.7 Å². The molecule has 0 spiro atoms. The highest BCUT2D eigenvalue weighted by Crippen LogP contribution is 2.25. The van der Waals surface area contributed by atoms with Crippen LogP contribution in [0.15, 0.2) is 24.3 Å². The number of hydrogen-bond donors (Lipinski definition) is 1. The molecule has 1 saturated heterocycles. The van der Waals surface area contributed by atoms with Gasteiger partial charge in [0, 0.05) is 44.3 Å². The van der Waals surface area contributed by atoms with Crippen molar-refractivity contribution in [2.24, 2.45) is 0 Å². The molecule has 2 aliphatic rings. The second-order valence-electron chi connectivity index (χ2n) is 8.14. The molecule has 1 aliphatic carbocycles. The average molecular weight is 473 g/mol. The number of amides is 1. The highest BCUT2D eigenvalue weighted by Gasteiger charge is 2.34. The van der Waals surface area contributed by atoms with Gasteiger partial charge in [-0.25, -0.2) is 0 Å². The fourth-order valence-electron chi connectivity index (χ4n) is 4.08. The van der Waals surface area contributed by atoms with Crippen LogP contribution >= 0.6 is 11.6 Å². The zero-order chi connectivity index (χ0) is 22.3. The quantitative estimate of drug-likeness (QED) is 0.555. The Hall–Kier alpha value is -1.39. The van der Waals surface area contributed by atoms with Crippen molar-refractivity contribution in [3.8, 4) is 5.75 Å². The maximum atomic E-state index is 13.0. The molecule has 1 saturated carbocycles. The summed E-state index contributed by atoms with van der Waals surface area (Å²) in [6.45, 7) is 2.94. The van der Waals surface area contributed by atoms with Crippen LogP contribution in [0.1, 0.15) is 32.1 Å². The molecule has 3 rings (SSSR count). The first kappa shape index (κ1) is 24.3. The van der Waals surface area contributed by atoms with Crippen LogP contribution in [0, 0.1) is 0 Å². The summed E-state index contributed by atoms with van der Waals surface area (Å²) < 4.78 is 34.6. The van der Waals surface area contributed by atoms with Gasteiger partial charge in [0.25, 0.3) is 10.2 Å². The smallest absolute Gasteiger partial charge is 0.282 e. The minimum atomic E-state index is -3.45. The first-order valence-corrected chi connectivity index (χ1v) is 12.7. The molecule has 174 valence electrons. The summed E-state index contributed by atoms with van der Waals surface area (Å²) >= 11 is 5.84. The maximum Gasteiger partial charge on any atom is 0.282 e. The molecule has 0 unspecified atom stereocenters. The Morgan fingerprint density at radius 3 is 2.42 bits per heavy atom. The van der Waals surface area contributed by atoms with Gasteiger partial charge in [0.2, 0.25) is 5.91 Å². The van der Waals surface area contributed by atoms with Gasteiger partial charge < -0.3 is 10.1 Å². The van der Waals surface area contributed by atoms with Crippen LogP contribution in [0.3, 0.4) is 0 Å². The van der Waals surface area contributed by atoms with Gasteiger partial charge >= 0.3 is 0 Å². The Morgan fingerprint density at radius 1 is 1.13 bits per heavy atom. The van der Waals surface area contributed by atoms with Gasteiger partial charge in [-0.2, -0.15) is 17.0 Å². The summed E-state index contributed by atoms with van der Waals surface area (Å²) in [6.07, 6.45) is 5.27. The van der Waals surface area contributed by atoms with Crippen LogP contribution in [0.4, 0.5) is 0 Å². The zero-order valence-electron chi connectivity index (χ0n) is 18.1. The number of hydrogen-bond acceptors (Lipinski definition) is 5. The monoisotopic (exact) mass is 472 g/mol. The van der Waals surface area contributed by atoms with Crippen LogP contribution in [0.25, 0.3) is 0 Å². The van der Waals surface area contributed by atoms with Gasteiger partial charge in [0.1, 0.15) is 12.4 Å². The fraction of sp³-hybridized carbons (Fsp3) is 0.667. The van der Waals surface area contributed by atoms with Gasteiger partial charge in [0.05, 0.1) is 13.1 Å². The third-order valence-electron chi connectivity index (χ3n) is 5.98. The van der Waals surface area contributed by atoms with Crippen molar-refractivity contribution in [3.05, 3.63) is 29.3 Å². The van der Waals surface area contributed by atoms with Crippen molar-refractivity contribution >= 4 is 27.7 Å². The third-order valence-corrected chi connectivity index (χ3v) is 8.28. The topological polar surface area (TPSA) is 82.2 Å². The van der Waals surface area contributed by atoms with Crippen molar-refractivity contribution in [2.45, 2.75) is 38.1 Å². The van der Waals surface area contributed by atoms with Crippen LogP contribution in [-0.2, 0) is 15.0 Å². The lowest BCUT2D eigenvalue weighted by Gasteiger charge is -2.38. The highest BCUT2D eigenvalue weighted by molar-refractivity contribution is 7.86. The van der Waals surface area contributed by atoms with Crippen LogP contribution in [0.2, 0.25) is 5.02 Å². The first-order valence-electron chi connectivity index (χ1n) is 11.0. The molecule has 31 heavy (non-hydrogen) atoms. The highest BCUT2D eigenvalue weighted by atomic mass is 35.5. The largest absolute Gasteiger partial charge is 0.492 e. The zero-order valence-corrected chi connectivity index (χ0v) is 19.7. The summed E-state index contributed by atoms with van der Waals surface area (Å²) in [4.78, 5) is 14.2. The molecule has 1 N–H and O–H groups in total. The van der Waals surface area contributed by atoms with E-state index in [9.17, 15) is 13.2 Å². The Kier molecular flexibility index (Phi) is 8.97. The number of halogens is 1. The van der Waals surface area contributed by atoms with Gasteiger partial charge in [0.15, 0.2) is 0 Å². The van der Waals surface area contributed by atoms with Crippen molar-refractivity contribution < 1.29 is 17.9 Å². The second kappa shape index (κ2) is 11.5. The van der Waals surface area contributed by atoms with Gasteiger partial charge in [-0.05, 0) is 37.1 Å². The number of ether oxygens (including phenoxy) is 1. The molecule has 10 heteroatoms. The summed E-state index contributed by atoms with van der Waals surface area (Å²) in [7, 11) is -1.74. The number of piperazine rings is 1. The number of rotatable bonds is 9. The van der Waals surface area contributed by atoms with E-state index >= 15 is 0 Å². The summed E-state index contributed by atoms with van der Waals surface area (Å²) in [5, 5.41) is 3.49. The lowest BCUT2D eigenvalue weighted by Crippen LogP contribution is -2.55. The molecule has 2 fully saturated rings. The summed E-state index contributed by atoms with van der Waals surface area (Å²) in [6, 6.07) is 7.18. The Bertz CT molecular complexity index is 807. The van der Waals surface area contributed by atoms with E-state index in [1.807, 2.05) is 4.90 Å². The predicted molar refractivity (Wildman–Crippen MR) is 122 cm³/mol. The molecular weight excluding hydrogens is 440 g/mol. The van der Waals surface area contributed by atoms with E-state index in [1.165, 1.54) is 6.42 Å². The number of nitrogens with zero attached hydrogens (tertiary/aromatic N) is 3. The molecule has 0 bridgehead atoms.